The summed E-state index contributed by atoms with van der Waals surface area (Å²) in [4.78, 5) is 24.8. The summed E-state index contributed by atoms with van der Waals surface area (Å²) in [5.41, 5.74) is 0.606. The van der Waals surface area contributed by atoms with Crippen LogP contribution in [0.4, 0.5) is 0 Å². The Morgan fingerprint density at radius 2 is 2.17 bits per heavy atom. The van der Waals surface area contributed by atoms with E-state index in [4.69, 9.17) is 22.1 Å². The van der Waals surface area contributed by atoms with Crippen LogP contribution in [0.3, 0.4) is 0 Å². The first-order valence-corrected chi connectivity index (χ1v) is 8.34. The highest BCUT2D eigenvalue weighted by Gasteiger charge is 2.38. The Balaban J connectivity index is 2.38. The molecule has 1 aliphatic heterocycles. The fourth-order valence-corrected chi connectivity index (χ4v) is 3.79. The lowest BCUT2D eigenvalue weighted by molar-refractivity contribution is -0.144. The van der Waals surface area contributed by atoms with Gasteiger partial charge in [0.1, 0.15) is 10.4 Å². The second-order valence-corrected chi connectivity index (χ2v) is 7.15. The van der Waals surface area contributed by atoms with E-state index in [1.807, 2.05) is 0 Å². The van der Waals surface area contributed by atoms with Gasteiger partial charge in [-0.25, -0.2) is 4.79 Å². The summed E-state index contributed by atoms with van der Waals surface area (Å²) in [6, 6.07) is 2.15. The van der Waals surface area contributed by atoms with Gasteiger partial charge in [-0.05, 0) is 46.6 Å². The number of carbonyl (C=O) groups excluding carboxylic acids is 1. The Kier molecular flexibility index (Phi) is 5.33. The first-order valence-electron chi connectivity index (χ1n) is 6.32. The molecule has 0 radical (unpaired) electrons. The number of phenols is 1. The molecule has 1 aromatic rings. The Bertz CT molecular complexity index is 734. The van der Waals surface area contributed by atoms with Crippen molar-refractivity contribution in [1.29, 1.82) is 0 Å². The molecule has 1 aliphatic rings. The van der Waals surface area contributed by atoms with Crippen LogP contribution in [0.2, 0.25) is 0 Å². The third kappa shape index (κ3) is 3.51. The molecule has 1 amide bonds. The van der Waals surface area contributed by atoms with E-state index in [1.165, 1.54) is 14.0 Å². The number of halogens is 1. The van der Waals surface area contributed by atoms with Crippen LogP contribution in [0.25, 0.3) is 6.08 Å². The van der Waals surface area contributed by atoms with Gasteiger partial charge in [0.15, 0.2) is 11.5 Å². The van der Waals surface area contributed by atoms with Gasteiger partial charge in [-0.3, -0.25) is 9.69 Å². The van der Waals surface area contributed by atoms with Gasteiger partial charge in [-0.2, -0.15) is 0 Å². The van der Waals surface area contributed by atoms with Crippen LogP contribution < -0.4 is 4.74 Å². The first kappa shape index (κ1) is 17.8. The monoisotopic (exact) mass is 417 g/mol. The van der Waals surface area contributed by atoms with Crippen LogP contribution in [0.15, 0.2) is 21.5 Å². The molecule has 122 valence electrons. The number of methoxy groups -OCH3 is 1. The number of rotatable bonds is 4. The number of thioether (sulfide) groups is 1. The maximum atomic E-state index is 12.4. The third-order valence-electron chi connectivity index (χ3n) is 3.14. The van der Waals surface area contributed by atoms with Crippen molar-refractivity contribution in [2.24, 2.45) is 0 Å². The van der Waals surface area contributed by atoms with Crippen LogP contribution in [0.1, 0.15) is 12.5 Å². The van der Waals surface area contributed by atoms with E-state index in [-0.39, 0.29) is 15.8 Å². The number of phenolic OH excluding ortho intramolecular Hbond substituents is 1. The number of carbonyl (C=O) groups is 2. The predicted molar refractivity (Wildman–Crippen MR) is 94.5 cm³/mol. The molecule has 23 heavy (non-hydrogen) atoms. The molecular weight excluding hydrogens is 406 g/mol. The Labute approximate surface area is 150 Å². The second kappa shape index (κ2) is 6.90. The number of aromatic hydroxyl groups is 1. The largest absolute Gasteiger partial charge is 0.503 e. The van der Waals surface area contributed by atoms with Crippen molar-refractivity contribution >= 4 is 62.2 Å². The normalized spacial score (nSPS) is 17.7. The minimum atomic E-state index is -1.13. The van der Waals surface area contributed by atoms with Crippen LogP contribution in [-0.4, -0.2) is 44.5 Å². The van der Waals surface area contributed by atoms with Crippen molar-refractivity contribution in [1.82, 2.24) is 4.90 Å². The average Bonchev–Trinajstić information content (AvgIpc) is 2.76. The highest BCUT2D eigenvalue weighted by molar-refractivity contribution is 9.10. The molecule has 1 aromatic carbocycles. The molecule has 1 fully saturated rings. The zero-order valence-electron chi connectivity index (χ0n) is 12.1. The molecule has 0 unspecified atom stereocenters. The molecule has 0 saturated carbocycles. The van der Waals surface area contributed by atoms with Gasteiger partial charge in [0.2, 0.25) is 0 Å². The third-order valence-corrected chi connectivity index (χ3v) is 5.07. The number of carboxylic acids is 1. The van der Waals surface area contributed by atoms with Crippen LogP contribution >= 0.6 is 39.9 Å². The van der Waals surface area contributed by atoms with Crippen molar-refractivity contribution in [3.8, 4) is 11.5 Å². The molecular formula is C14H12BrNO5S2. The van der Waals surface area contributed by atoms with Crippen LogP contribution in [0.5, 0.6) is 11.5 Å². The first-order chi connectivity index (χ1) is 10.8. The summed E-state index contributed by atoms with van der Waals surface area (Å²) in [6.45, 7) is 1.40. The molecule has 0 aromatic heterocycles. The van der Waals surface area contributed by atoms with E-state index in [1.54, 1.807) is 18.2 Å². The highest BCUT2D eigenvalue weighted by Crippen LogP contribution is 2.38. The Morgan fingerprint density at radius 1 is 1.52 bits per heavy atom. The summed E-state index contributed by atoms with van der Waals surface area (Å²) in [6.07, 6.45) is 1.57. The summed E-state index contributed by atoms with van der Waals surface area (Å²) in [5, 5.41) is 18.9. The lowest BCUT2D eigenvalue weighted by Crippen LogP contribution is -2.41. The van der Waals surface area contributed by atoms with Gasteiger partial charge < -0.3 is 14.9 Å². The number of nitrogens with zero attached hydrogens (tertiary/aromatic N) is 1. The quantitative estimate of drug-likeness (QED) is 0.575. The summed E-state index contributed by atoms with van der Waals surface area (Å²) >= 11 is 9.33. The van der Waals surface area contributed by atoms with Crippen molar-refractivity contribution in [2.45, 2.75) is 13.0 Å². The fourth-order valence-electron chi connectivity index (χ4n) is 1.91. The lowest BCUT2D eigenvalue weighted by atomic mass is 10.1. The number of aliphatic carboxylic acids is 1. The van der Waals surface area contributed by atoms with E-state index >= 15 is 0 Å². The van der Waals surface area contributed by atoms with E-state index in [2.05, 4.69) is 15.9 Å². The Morgan fingerprint density at radius 3 is 2.74 bits per heavy atom. The summed E-state index contributed by atoms with van der Waals surface area (Å²) < 4.78 is 5.66. The van der Waals surface area contributed by atoms with Crippen molar-refractivity contribution in [2.75, 3.05) is 7.11 Å². The SMILES string of the molecule is COc1cc(/C=C2/SC(=S)N([C@H](C)C(=O)O)C2=O)cc(Br)c1O. The molecule has 2 rings (SSSR count). The molecule has 0 aliphatic carbocycles. The lowest BCUT2D eigenvalue weighted by Gasteiger charge is -2.18. The molecule has 0 spiro atoms. The molecule has 2 N–H and O–H groups in total. The van der Waals surface area contributed by atoms with Gasteiger partial charge in [-0.15, -0.1) is 0 Å². The second-order valence-electron chi connectivity index (χ2n) is 4.62. The summed E-state index contributed by atoms with van der Waals surface area (Å²) in [7, 11) is 1.42. The molecule has 1 heterocycles. The fraction of sp³-hybridized carbons (Fsp3) is 0.214. The number of benzene rings is 1. The smallest absolute Gasteiger partial charge is 0.326 e. The molecule has 0 bridgehead atoms. The standard InChI is InChI=1S/C14H12BrNO5S2/c1-6(13(19)20)16-12(18)10(23-14(16)22)5-7-3-8(15)11(17)9(4-7)21-2/h3-6,17H,1-2H3,(H,19,20)/b10-5+/t6-/m1/s1. The van der Waals surface area contributed by atoms with E-state index in [0.717, 1.165) is 16.7 Å². The number of thiocarbonyl (C=S) groups is 1. The topological polar surface area (TPSA) is 87.1 Å². The van der Waals surface area contributed by atoms with Crippen LogP contribution in [-0.2, 0) is 9.59 Å². The van der Waals surface area contributed by atoms with Gasteiger partial charge in [0, 0.05) is 0 Å². The Hall–Kier alpha value is -1.58. The van der Waals surface area contributed by atoms with Crippen molar-refractivity contribution in [3.05, 3.63) is 27.1 Å². The van der Waals surface area contributed by atoms with E-state index in [9.17, 15) is 14.7 Å². The number of carboxylic acid groups (broad SMARTS) is 1. The number of hydrogen-bond acceptors (Lipinski definition) is 6. The molecule has 1 atom stereocenters. The minimum Gasteiger partial charge on any atom is -0.503 e. The van der Waals surface area contributed by atoms with Gasteiger partial charge >= 0.3 is 5.97 Å². The van der Waals surface area contributed by atoms with Gasteiger partial charge in [0.05, 0.1) is 16.5 Å². The highest BCUT2D eigenvalue weighted by atomic mass is 79.9. The van der Waals surface area contributed by atoms with E-state index in [0.29, 0.717) is 14.9 Å². The summed E-state index contributed by atoms with van der Waals surface area (Å²) in [5.74, 6) is -1.38. The van der Waals surface area contributed by atoms with Gasteiger partial charge in [-0.1, -0.05) is 24.0 Å². The zero-order valence-corrected chi connectivity index (χ0v) is 15.3. The number of ether oxygens (including phenoxy) is 1. The predicted octanol–water partition coefficient (Wildman–Crippen LogP) is 2.84. The maximum Gasteiger partial charge on any atom is 0.326 e. The van der Waals surface area contributed by atoms with Crippen molar-refractivity contribution < 1.29 is 24.5 Å². The number of hydrogen-bond donors (Lipinski definition) is 2. The van der Waals surface area contributed by atoms with E-state index < -0.39 is 17.9 Å². The minimum absolute atomic E-state index is 0.0447. The maximum absolute atomic E-state index is 12.4. The molecule has 1 saturated heterocycles. The zero-order chi connectivity index (χ0) is 17.3. The molecule has 9 heteroatoms. The molecule has 6 nitrogen and oxygen atoms in total. The van der Waals surface area contributed by atoms with Crippen LogP contribution in [0, 0.1) is 0 Å². The van der Waals surface area contributed by atoms with Crippen molar-refractivity contribution in [3.63, 3.8) is 0 Å². The number of amides is 1. The average molecular weight is 418 g/mol. The van der Waals surface area contributed by atoms with Gasteiger partial charge in [0.25, 0.3) is 5.91 Å².